The van der Waals surface area contributed by atoms with Crippen LogP contribution in [0.25, 0.3) is 0 Å². The molecule has 21 heavy (non-hydrogen) atoms. The lowest BCUT2D eigenvalue weighted by Crippen LogP contribution is -2.44. The van der Waals surface area contributed by atoms with Gasteiger partial charge in [0.25, 0.3) is 0 Å². The van der Waals surface area contributed by atoms with E-state index in [2.05, 4.69) is 9.62 Å². The Morgan fingerprint density at radius 2 is 2.14 bits per heavy atom. The van der Waals surface area contributed by atoms with Gasteiger partial charge in [-0.15, -0.1) is 0 Å². The SMILES string of the molecule is Cc1c(N)cc(S(=O)(=O)NCC2CCCCN2C)cc1Cl. The molecule has 1 aliphatic heterocycles. The number of hydrogen-bond acceptors (Lipinski definition) is 4. The van der Waals surface area contributed by atoms with Crippen LogP contribution in [0.4, 0.5) is 5.69 Å². The van der Waals surface area contributed by atoms with Crippen LogP contribution in [0, 0.1) is 6.92 Å². The molecule has 1 unspecified atom stereocenters. The molecule has 0 aromatic heterocycles. The molecule has 3 N–H and O–H groups in total. The number of benzene rings is 1. The highest BCUT2D eigenvalue weighted by molar-refractivity contribution is 7.89. The summed E-state index contributed by atoms with van der Waals surface area (Å²) in [6.45, 7) is 3.18. The zero-order valence-corrected chi connectivity index (χ0v) is 14.0. The number of nitrogens with zero attached hydrogens (tertiary/aromatic N) is 1. The molecule has 118 valence electrons. The quantitative estimate of drug-likeness (QED) is 0.827. The number of anilines is 1. The second kappa shape index (κ2) is 6.52. The first-order valence-electron chi connectivity index (χ1n) is 7.07. The summed E-state index contributed by atoms with van der Waals surface area (Å²) in [4.78, 5) is 2.32. The summed E-state index contributed by atoms with van der Waals surface area (Å²) in [5.74, 6) is 0. The van der Waals surface area contributed by atoms with E-state index in [4.69, 9.17) is 17.3 Å². The number of nitrogen functional groups attached to an aromatic ring is 1. The van der Waals surface area contributed by atoms with Crippen molar-refractivity contribution in [2.75, 3.05) is 25.9 Å². The summed E-state index contributed by atoms with van der Waals surface area (Å²) in [7, 11) is -1.56. The molecule has 0 radical (unpaired) electrons. The van der Waals surface area contributed by atoms with Crippen LogP contribution in [0.2, 0.25) is 5.02 Å². The zero-order valence-electron chi connectivity index (χ0n) is 12.4. The lowest BCUT2D eigenvalue weighted by Gasteiger charge is -2.32. The van der Waals surface area contributed by atoms with Crippen LogP contribution in [0.3, 0.4) is 0 Å². The van der Waals surface area contributed by atoms with E-state index in [1.54, 1.807) is 6.92 Å². The summed E-state index contributed by atoms with van der Waals surface area (Å²) < 4.78 is 27.4. The minimum absolute atomic E-state index is 0.120. The van der Waals surface area contributed by atoms with E-state index in [0.29, 0.717) is 22.8 Å². The van der Waals surface area contributed by atoms with E-state index >= 15 is 0 Å². The number of halogens is 1. The van der Waals surface area contributed by atoms with Crippen molar-refractivity contribution in [2.24, 2.45) is 0 Å². The summed E-state index contributed by atoms with van der Waals surface area (Å²) >= 11 is 6.02. The average Bonchev–Trinajstić information content (AvgIpc) is 2.43. The van der Waals surface area contributed by atoms with E-state index in [9.17, 15) is 8.42 Å². The number of likely N-dealkylation sites (tertiary alicyclic amines) is 1. The molecule has 1 aliphatic rings. The number of rotatable bonds is 4. The highest BCUT2D eigenvalue weighted by Gasteiger charge is 2.22. The number of nitrogens with one attached hydrogen (secondary N) is 1. The first kappa shape index (κ1) is 16.5. The summed E-state index contributed by atoms with van der Waals surface area (Å²) in [6, 6.07) is 3.14. The van der Waals surface area contributed by atoms with Crippen LogP contribution in [0.5, 0.6) is 0 Å². The fraction of sp³-hybridized carbons (Fsp3) is 0.571. The predicted molar refractivity (Wildman–Crippen MR) is 86.1 cm³/mol. The highest BCUT2D eigenvalue weighted by Crippen LogP contribution is 2.26. The fourth-order valence-corrected chi connectivity index (χ4v) is 3.95. The van der Waals surface area contributed by atoms with Gasteiger partial charge in [-0.25, -0.2) is 13.1 Å². The van der Waals surface area contributed by atoms with Gasteiger partial charge in [0.05, 0.1) is 4.90 Å². The minimum Gasteiger partial charge on any atom is -0.398 e. The Morgan fingerprint density at radius 1 is 1.43 bits per heavy atom. The normalized spacial score (nSPS) is 20.6. The molecule has 1 saturated heterocycles. The number of nitrogens with two attached hydrogens (primary N) is 1. The molecule has 7 heteroatoms. The molecular weight excluding hydrogens is 310 g/mol. The van der Waals surface area contributed by atoms with Crippen molar-refractivity contribution in [3.05, 3.63) is 22.7 Å². The van der Waals surface area contributed by atoms with Crippen molar-refractivity contribution < 1.29 is 8.42 Å². The third-order valence-corrected chi connectivity index (χ3v) is 5.89. The molecule has 1 aromatic carbocycles. The Hall–Kier alpha value is -0.820. The largest absolute Gasteiger partial charge is 0.398 e. The Bertz CT molecular complexity index is 596. The fourth-order valence-electron chi connectivity index (χ4n) is 2.52. The van der Waals surface area contributed by atoms with Gasteiger partial charge in [-0.1, -0.05) is 18.0 Å². The topological polar surface area (TPSA) is 75.4 Å². The third kappa shape index (κ3) is 3.88. The molecule has 2 rings (SSSR count). The van der Waals surface area contributed by atoms with Crippen LogP contribution in [0.1, 0.15) is 24.8 Å². The maximum atomic E-state index is 12.4. The number of likely N-dealkylation sites (N-methyl/N-ethyl adjacent to an activating group) is 1. The van der Waals surface area contributed by atoms with E-state index in [-0.39, 0.29) is 10.9 Å². The van der Waals surface area contributed by atoms with Gasteiger partial charge in [-0.2, -0.15) is 0 Å². The van der Waals surface area contributed by atoms with Crippen LogP contribution in [0.15, 0.2) is 17.0 Å². The molecule has 1 fully saturated rings. The van der Waals surface area contributed by atoms with Gasteiger partial charge in [-0.05, 0) is 51.1 Å². The predicted octanol–water partition coefficient (Wildman–Crippen LogP) is 1.99. The monoisotopic (exact) mass is 331 g/mol. The number of piperidine rings is 1. The Morgan fingerprint density at radius 3 is 2.76 bits per heavy atom. The Kier molecular flexibility index (Phi) is 5.14. The second-order valence-corrected chi connectivity index (χ2v) is 7.78. The van der Waals surface area contributed by atoms with Crippen LogP contribution >= 0.6 is 11.6 Å². The highest BCUT2D eigenvalue weighted by atomic mass is 35.5. The zero-order chi connectivity index (χ0) is 15.6. The van der Waals surface area contributed by atoms with Crippen molar-refractivity contribution in [3.63, 3.8) is 0 Å². The number of hydrogen-bond donors (Lipinski definition) is 2. The van der Waals surface area contributed by atoms with Gasteiger partial charge in [0.15, 0.2) is 0 Å². The maximum Gasteiger partial charge on any atom is 0.240 e. The molecule has 0 saturated carbocycles. The smallest absolute Gasteiger partial charge is 0.240 e. The summed E-state index contributed by atoms with van der Waals surface area (Å²) in [5, 5.41) is 0.366. The summed E-state index contributed by atoms with van der Waals surface area (Å²) in [5.41, 5.74) is 6.88. The van der Waals surface area contributed by atoms with E-state index < -0.39 is 10.0 Å². The maximum absolute atomic E-state index is 12.4. The van der Waals surface area contributed by atoms with Crippen molar-refractivity contribution in [3.8, 4) is 0 Å². The molecular formula is C14H22ClN3O2S. The van der Waals surface area contributed by atoms with Crippen molar-refractivity contribution in [1.82, 2.24) is 9.62 Å². The summed E-state index contributed by atoms with van der Waals surface area (Å²) in [6.07, 6.45) is 3.32. The molecule has 1 aromatic rings. The molecule has 0 bridgehead atoms. The van der Waals surface area contributed by atoms with Gasteiger partial charge in [0, 0.05) is 23.3 Å². The van der Waals surface area contributed by atoms with Gasteiger partial charge in [0.1, 0.15) is 0 Å². The Labute approximate surface area is 131 Å². The van der Waals surface area contributed by atoms with Gasteiger partial charge < -0.3 is 10.6 Å². The van der Waals surface area contributed by atoms with Gasteiger partial charge >= 0.3 is 0 Å². The lowest BCUT2D eigenvalue weighted by molar-refractivity contribution is 0.187. The van der Waals surface area contributed by atoms with E-state index in [0.717, 1.165) is 19.4 Å². The molecule has 0 amide bonds. The number of sulfonamides is 1. The average molecular weight is 332 g/mol. The van der Waals surface area contributed by atoms with Crippen molar-refractivity contribution >= 4 is 27.3 Å². The van der Waals surface area contributed by atoms with E-state index in [1.807, 2.05) is 7.05 Å². The van der Waals surface area contributed by atoms with E-state index in [1.165, 1.54) is 18.6 Å². The first-order valence-corrected chi connectivity index (χ1v) is 8.93. The third-order valence-electron chi connectivity index (χ3n) is 4.10. The first-order chi connectivity index (χ1) is 9.81. The second-order valence-electron chi connectivity index (χ2n) is 5.60. The molecule has 1 heterocycles. The van der Waals surface area contributed by atoms with Crippen LogP contribution < -0.4 is 10.5 Å². The van der Waals surface area contributed by atoms with Gasteiger partial charge in [0.2, 0.25) is 10.0 Å². The van der Waals surface area contributed by atoms with Crippen LogP contribution in [-0.2, 0) is 10.0 Å². The molecule has 0 spiro atoms. The van der Waals surface area contributed by atoms with Gasteiger partial charge in [-0.3, -0.25) is 0 Å². The van der Waals surface area contributed by atoms with Crippen LogP contribution in [-0.4, -0.2) is 39.5 Å². The molecule has 1 atom stereocenters. The lowest BCUT2D eigenvalue weighted by atomic mass is 10.0. The van der Waals surface area contributed by atoms with Crippen molar-refractivity contribution in [1.29, 1.82) is 0 Å². The van der Waals surface area contributed by atoms with Crippen molar-refractivity contribution in [2.45, 2.75) is 37.1 Å². The standard InChI is InChI=1S/C14H22ClN3O2S/c1-10-13(15)7-12(8-14(10)16)21(19,20)17-9-11-5-3-4-6-18(11)2/h7-8,11,17H,3-6,9,16H2,1-2H3. The molecule has 0 aliphatic carbocycles. The Balaban J connectivity index is 2.11. The minimum atomic E-state index is -3.59. The molecule has 5 nitrogen and oxygen atoms in total.